The Morgan fingerprint density at radius 1 is 1.27 bits per heavy atom. The van der Waals surface area contributed by atoms with E-state index in [1.165, 1.54) is 19.3 Å². The highest BCUT2D eigenvalue weighted by molar-refractivity contribution is 5.75. The summed E-state index contributed by atoms with van der Waals surface area (Å²) in [6, 6.07) is 0. The molecule has 1 aliphatic rings. The minimum atomic E-state index is -0.628. The largest absolute Gasteiger partial charge is 0.481 e. The molecule has 0 saturated heterocycles. The normalized spacial score (nSPS) is 23.5. The van der Waals surface area contributed by atoms with Gasteiger partial charge in [-0.2, -0.15) is 0 Å². The second-order valence-corrected chi connectivity index (χ2v) is 4.75. The molecule has 86 valence electrons. The molecular weight excluding hydrogens is 188 g/mol. The molecule has 0 radical (unpaired) electrons. The van der Waals surface area contributed by atoms with Gasteiger partial charge in [0.2, 0.25) is 0 Å². The van der Waals surface area contributed by atoms with E-state index in [0.717, 1.165) is 25.7 Å². The molecule has 0 aromatic carbocycles. The molecule has 0 amide bonds. The molecule has 1 saturated carbocycles. The second-order valence-electron chi connectivity index (χ2n) is 4.75. The Balaban J connectivity index is 2.84. The van der Waals surface area contributed by atoms with E-state index in [2.05, 4.69) is 6.58 Å². The molecule has 1 N–H and O–H groups in total. The van der Waals surface area contributed by atoms with Crippen molar-refractivity contribution in [2.45, 2.75) is 51.9 Å². The van der Waals surface area contributed by atoms with Gasteiger partial charge in [0.05, 0.1) is 5.41 Å². The first-order valence-corrected chi connectivity index (χ1v) is 5.99. The van der Waals surface area contributed by atoms with Crippen molar-refractivity contribution in [2.75, 3.05) is 0 Å². The maximum atomic E-state index is 11.5. The molecule has 0 heterocycles. The molecule has 0 bridgehead atoms. The van der Waals surface area contributed by atoms with Crippen molar-refractivity contribution >= 4 is 5.97 Å². The highest BCUT2D eigenvalue weighted by Crippen LogP contribution is 2.41. The van der Waals surface area contributed by atoms with Gasteiger partial charge in [-0.3, -0.25) is 4.79 Å². The fourth-order valence-corrected chi connectivity index (χ4v) is 2.63. The van der Waals surface area contributed by atoms with Crippen molar-refractivity contribution in [1.82, 2.24) is 0 Å². The number of carboxylic acid groups (broad SMARTS) is 1. The fourth-order valence-electron chi connectivity index (χ4n) is 2.63. The van der Waals surface area contributed by atoms with Crippen LogP contribution in [-0.4, -0.2) is 11.1 Å². The van der Waals surface area contributed by atoms with Crippen LogP contribution < -0.4 is 0 Å². The number of carbonyl (C=O) groups is 1. The van der Waals surface area contributed by atoms with E-state index in [-0.39, 0.29) is 5.92 Å². The molecule has 1 rings (SSSR count). The van der Waals surface area contributed by atoms with Crippen molar-refractivity contribution in [3.05, 3.63) is 12.7 Å². The molecule has 2 heteroatoms. The highest BCUT2D eigenvalue weighted by atomic mass is 16.4. The topological polar surface area (TPSA) is 37.3 Å². The number of hydrogen-bond donors (Lipinski definition) is 1. The number of allylic oxidation sites excluding steroid dienone is 1. The lowest BCUT2D eigenvalue weighted by atomic mass is 9.68. The Bertz CT molecular complexity index is 225. The summed E-state index contributed by atoms with van der Waals surface area (Å²) >= 11 is 0. The monoisotopic (exact) mass is 210 g/mol. The summed E-state index contributed by atoms with van der Waals surface area (Å²) in [4.78, 5) is 11.5. The van der Waals surface area contributed by atoms with Crippen LogP contribution in [0.5, 0.6) is 0 Å². The van der Waals surface area contributed by atoms with Gasteiger partial charge in [-0.05, 0) is 18.8 Å². The molecule has 1 atom stereocenters. The average molecular weight is 210 g/mol. The van der Waals surface area contributed by atoms with Crippen LogP contribution in [-0.2, 0) is 4.79 Å². The standard InChI is InChI=1S/C13H22O2/c1-3-11(2)13(12(14)15)9-7-5-4-6-8-10-13/h3,11H,1,4-10H2,2H3,(H,14,15). The van der Waals surface area contributed by atoms with Crippen LogP contribution in [0.1, 0.15) is 51.9 Å². The van der Waals surface area contributed by atoms with Gasteiger partial charge >= 0.3 is 5.97 Å². The fraction of sp³-hybridized carbons (Fsp3) is 0.769. The van der Waals surface area contributed by atoms with Crippen LogP contribution in [0.3, 0.4) is 0 Å². The molecule has 1 fully saturated rings. The van der Waals surface area contributed by atoms with Gasteiger partial charge in [0, 0.05) is 0 Å². The number of aliphatic carboxylic acids is 1. The van der Waals surface area contributed by atoms with Crippen molar-refractivity contribution in [1.29, 1.82) is 0 Å². The molecule has 1 unspecified atom stereocenters. The Morgan fingerprint density at radius 3 is 2.13 bits per heavy atom. The van der Waals surface area contributed by atoms with Crippen molar-refractivity contribution < 1.29 is 9.90 Å². The predicted molar refractivity (Wildman–Crippen MR) is 61.7 cm³/mol. The van der Waals surface area contributed by atoms with E-state index in [1.54, 1.807) is 6.08 Å². The maximum Gasteiger partial charge on any atom is 0.310 e. The minimum Gasteiger partial charge on any atom is -0.481 e. The molecule has 0 spiro atoms. The summed E-state index contributed by atoms with van der Waals surface area (Å²) in [5.74, 6) is -0.551. The predicted octanol–water partition coefficient (Wildman–Crippen LogP) is 3.62. The van der Waals surface area contributed by atoms with Crippen LogP contribution >= 0.6 is 0 Å². The lowest BCUT2D eigenvalue weighted by molar-refractivity contribution is -0.152. The zero-order chi connectivity index (χ0) is 11.3. The highest BCUT2D eigenvalue weighted by Gasteiger charge is 2.41. The van der Waals surface area contributed by atoms with Crippen LogP contribution in [0.4, 0.5) is 0 Å². The van der Waals surface area contributed by atoms with Gasteiger partial charge in [0.1, 0.15) is 0 Å². The van der Waals surface area contributed by atoms with E-state index < -0.39 is 11.4 Å². The first kappa shape index (κ1) is 12.3. The molecule has 0 aromatic rings. The minimum absolute atomic E-state index is 0.0769. The van der Waals surface area contributed by atoms with Gasteiger partial charge < -0.3 is 5.11 Å². The summed E-state index contributed by atoms with van der Waals surface area (Å²) in [6.45, 7) is 5.74. The maximum absolute atomic E-state index is 11.5. The lowest BCUT2D eigenvalue weighted by Crippen LogP contribution is -2.37. The summed E-state index contributed by atoms with van der Waals surface area (Å²) in [5, 5.41) is 9.46. The molecule has 0 aromatic heterocycles. The number of hydrogen-bond acceptors (Lipinski definition) is 1. The van der Waals surface area contributed by atoms with E-state index in [1.807, 2.05) is 6.92 Å². The van der Waals surface area contributed by atoms with Crippen molar-refractivity contribution in [3.63, 3.8) is 0 Å². The van der Waals surface area contributed by atoms with Gasteiger partial charge in [-0.15, -0.1) is 6.58 Å². The van der Waals surface area contributed by atoms with E-state index in [9.17, 15) is 9.90 Å². The quantitative estimate of drug-likeness (QED) is 0.722. The van der Waals surface area contributed by atoms with E-state index in [0.29, 0.717) is 0 Å². The van der Waals surface area contributed by atoms with E-state index >= 15 is 0 Å². The summed E-state index contributed by atoms with van der Waals surface area (Å²) < 4.78 is 0. The number of carboxylic acids is 1. The average Bonchev–Trinajstić information content (AvgIpc) is 2.16. The smallest absolute Gasteiger partial charge is 0.310 e. The summed E-state index contributed by atoms with van der Waals surface area (Å²) in [5.41, 5.74) is -0.540. The van der Waals surface area contributed by atoms with Crippen molar-refractivity contribution in [2.24, 2.45) is 11.3 Å². The van der Waals surface area contributed by atoms with Crippen LogP contribution in [0, 0.1) is 11.3 Å². The summed E-state index contributed by atoms with van der Waals surface area (Å²) in [7, 11) is 0. The lowest BCUT2D eigenvalue weighted by Gasteiger charge is -2.35. The summed E-state index contributed by atoms with van der Waals surface area (Å²) in [6.07, 6.45) is 9.14. The molecule has 15 heavy (non-hydrogen) atoms. The molecular formula is C13H22O2. The third-order valence-corrected chi connectivity index (χ3v) is 3.90. The zero-order valence-electron chi connectivity index (χ0n) is 9.67. The van der Waals surface area contributed by atoms with Gasteiger partial charge in [0.25, 0.3) is 0 Å². The Hall–Kier alpha value is -0.790. The number of rotatable bonds is 3. The van der Waals surface area contributed by atoms with Crippen molar-refractivity contribution in [3.8, 4) is 0 Å². The first-order chi connectivity index (χ1) is 7.13. The SMILES string of the molecule is C=CC(C)C1(C(=O)O)CCCCCCC1. The van der Waals surface area contributed by atoms with Crippen LogP contribution in [0.2, 0.25) is 0 Å². The Labute approximate surface area is 92.4 Å². The van der Waals surface area contributed by atoms with Gasteiger partial charge in [-0.25, -0.2) is 0 Å². The molecule has 2 nitrogen and oxygen atoms in total. The van der Waals surface area contributed by atoms with Gasteiger partial charge in [-0.1, -0.05) is 45.1 Å². The molecule has 0 aliphatic heterocycles. The van der Waals surface area contributed by atoms with Gasteiger partial charge in [0.15, 0.2) is 0 Å². The molecule has 1 aliphatic carbocycles. The third-order valence-electron chi connectivity index (χ3n) is 3.90. The Kier molecular flexibility index (Phi) is 4.37. The first-order valence-electron chi connectivity index (χ1n) is 5.99. The zero-order valence-corrected chi connectivity index (χ0v) is 9.67. The van der Waals surface area contributed by atoms with E-state index in [4.69, 9.17) is 0 Å². The third kappa shape index (κ3) is 2.61. The van der Waals surface area contributed by atoms with Crippen LogP contribution in [0.15, 0.2) is 12.7 Å². The Morgan fingerprint density at radius 2 is 1.73 bits per heavy atom. The second kappa shape index (κ2) is 5.34. The van der Waals surface area contributed by atoms with Crippen LogP contribution in [0.25, 0.3) is 0 Å².